The van der Waals surface area contributed by atoms with Gasteiger partial charge in [-0.25, -0.2) is 4.98 Å². The molecule has 24 heavy (non-hydrogen) atoms. The molecule has 1 fully saturated rings. The Hall–Kier alpha value is -2.21. The van der Waals surface area contributed by atoms with E-state index in [1.165, 1.54) is 11.3 Å². The third kappa shape index (κ3) is 3.48. The van der Waals surface area contributed by atoms with E-state index >= 15 is 0 Å². The van der Waals surface area contributed by atoms with Crippen LogP contribution in [0.4, 0.5) is 0 Å². The summed E-state index contributed by atoms with van der Waals surface area (Å²) in [4.78, 5) is 33.3. The summed E-state index contributed by atoms with van der Waals surface area (Å²) in [6, 6.07) is 9.91. The first-order valence-electron chi connectivity index (χ1n) is 8.14. The Morgan fingerprint density at radius 3 is 2.42 bits per heavy atom. The molecule has 0 bridgehead atoms. The van der Waals surface area contributed by atoms with Crippen molar-refractivity contribution >= 4 is 23.2 Å². The molecule has 0 spiro atoms. The molecular formula is C18H21N3O2S. The third-order valence-corrected chi connectivity index (χ3v) is 5.43. The maximum atomic E-state index is 12.9. The van der Waals surface area contributed by atoms with Gasteiger partial charge in [-0.1, -0.05) is 30.3 Å². The Balaban J connectivity index is 1.78. The molecule has 0 atom stereocenters. The average molecular weight is 343 g/mol. The fraction of sp³-hybridized carbons (Fsp3) is 0.389. The maximum Gasteiger partial charge on any atom is 0.265 e. The molecule has 3 rings (SSSR count). The summed E-state index contributed by atoms with van der Waals surface area (Å²) in [7, 11) is 0. The summed E-state index contributed by atoms with van der Waals surface area (Å²) in [6.45, 7) is 6.05. The van der Waals surface area contributed by atoms with Gasteiger partial charge in [0.25, 0.3) is 5.91 Å². The van der Waals surface area contributed by atoms with Crippen LogP contribution < -0.4 is 0 Å². The van der Waals surface area contributed by atoms with Gasteiger partial charge in [-0.3, -0.25) is 9.59 Å². The van der Waals surface area contributed by atoms with E-state index in [0.29, 0.717) is 24.5 Å². The zero-order valence-corrected chi connectivity index (χ0v) is 14.8. The first-order chi connectivity index (χ1) is 11.6. The number of hydrogen-bond donors (Lipinski definition) is 0. The van der Waals surface area contributed by atoms with E-state index < -0.39 is 0 Å². The molecule has 2 heterocycles. The normalized spacial score (nSPS) is 15.2. The first-order valence-corrected chi connectivity index (χ1v) is 8.95. The molecule has 6 heteroatoms. The van der Waals surface area contributed by atoms with Crippen LogP contribution >= 0.6 is 11.3 Å². The van der Waals surface area contributed by atoms with Crippen LogP contribution in [-0.2, 0) is 4.79 Å². The smallest absolute Gasteiger partial charge is 0.265 e. The lowest BCUT2D eigenvalue weighted by atomic mass is 10.2. The van der Waals surface area contributed by atoms with Crippen molar-refractivity contribution < 1.29 is 9.59 Å². The number of nitrogens with zero attached hydrogens (tertiary/aromatic N) is 3. The van der Waals surface area contributed by atoms with E-state index in [1.807, 2.05) is 47.1 Å². The molecule has 0 saturated carbocycles. The minimum atomic E-state index is 0.0255. The quantitative estimate of drug-likeness (QED) is 0.842. The van der Waals surface area contributed by atoms with Gasteiger partial charge >= 0.3 is 0 Å². The fourth-order valence-electron chi connectivity index (χ4n) is 2.88. The molecule has 2 amide bonds. The van der Waals surface area contributed by atoms with E-state index in [1.54, 1.807) is 6.92 Å². The van der Waals surface area contributed by atoms with Crippen LogP contribution in [0.25, 0.3) is 10.6 Å². The Bertz CT molecular complexity index is 742. The number of aryl methyl sites for hydroxylation is 1. The van der Waals surface area contributed by atoms with Crippen LogP contribution in [0.15, 0.2) is 30.3 Å². The second-order valence-electron chi connectivity index (χ2n) is 5.95. The number of rotatable bonds is 2. The van der Waals surface area contributed by atoms with Crippen molar-refractivity contribution in [1.82, 2.24) is 14.8 Å². The van der Waals surface area contributed by atoms with E-state index in [0.717, 1.165) is 29.2 Å². The number of thiazole rings is 1. The first kappa shape index (κ1) is 16.6. The Kier molecular flexibility index (Phi) is 4.94. The Labute approximate surface area is 145 Å². The van der Waals surface area contributed by atoms with Gasteiger partial charge in [0.15, 0.2) is 0 Å². The number of amides is 2. The highest BCUT2D eigenvalue weighted by Crippen LogP contribution is 2.28. The molecule has 0 radical (unpaired) electrons. The van der Waals surface area contributed by atoms with Gasteiger partial charge in [0.1, 0.15) is 9.88 Å². The molecule has 0 aliphatic carbocycles. The summed E-state index contributed by atoms with van der Waals surface area (Å²) in [5.41, 5.74) is 1.81. The topological polar surface area (TPSA) is 53.5 Å². The Morgan fingerprint density at radius 2 is 1.71 bits per heavy atom. The molecule has 126 valence electrons. The van der Waals surface area contributed by atoms with E-state index in [4.69, 9.17) is 0 Å². The van der Waals surface area contributed by atoms with Crippen molar-refractivity contribution in [2.24, 2.45) is 0 Å². The van der Waals surface area contributed by atoms with Crippen LogP contribution in [0.2, 0.25) is 0 Å². The zero-order chi connectivity index (χ0) is 17.1. The van der Waals surface area contributed by atoms with Crippen molar-refractivity contribution in [3.8, 4) is 10.6 Å². The van der Waals surface area contributed by atoms with Crippen LogP contribution in [-0.4, -0.2) is 52.8 Å². The minimum Gasteiger partial charge on any atom is -0.341 e. The van der Waals surface area contributed by atoms with Crippen LogP contribution in [0.3, 0.4) is 0 Å². The summed E-state index contributed by atoms with van der Waals surface area (Å²) in [6.07, 6.45) is 0.814. The lowest BCUT2D eigenvalue weighted by Crippen LogP contribution is -2.36. The largest absolute Gasteiger partial charge is 0.341 e. The monoisotopic (exact) mass is 343 g/mol. The molecule has 0 N–H and O–H groups in total. The van der Waals surface area contributed by atoms with Crippen LogP contribution in [0.1, 0.15) is 28.7 Å². The van der Waals surface area contributed by atoms with Gasteiger partial charge in [0, 0.05) is 38.7 Å². The van der Waals surface area contributed by atoms with Crippen molar-refractivity contribution in [1.29, 1.82) is 0 Å². The molecule has 1 aliphatic rings. The Morgan fingerprint density at radius 1 is 1.04 bits per heavy atom. The maximum absolute atomic E-state index is 12.9. The molecule has 1 aromatic heterocycles. The number of carbonyl (C=O) groups excluding carboxylic acids is 2. The molecule has 1 saturated heterocycles. The lowest BCUT2D eigenvalue weighted by molar-refractivity contribution is -0.128. The van der Waals surface area contributed by atoms with Gasteiger partial charge < -0.3 is 9.80 Å². The number of aromatic nitrogens is 1. The second-order valence-corrected chi connectivity index (χ2v) is 6.95. The average Bonchev–Trinajstić information content (AvgIpc) is 2.81. The minimum absolute atomic E-state index is 0.0255. The lowest BCUT2D eigenvalue weighted by Gasteiger charge is -2.21. The number of hydrogen-bond acceptors (Lipinski definition) is 4. The number of benzene rings is 1. The predicted octanol–water partition coefficient (Wildman–Crippen LogP) is 2.81. The molecule has 2 aromatic rings. The van der Waals surface area contributed by atoms with Crippen molar-refractivity contribution in [2.75, 3.05) is 26.2 Å². The second kappa shape index (κ2) is 7.13. The molecule has 1 aromatic carbocycles. The zero-order valence-electron chi connectivity index (χ0n) is 14.0. The van der Waals surface area contributed by atoms with Gasteiger partial charge in [0.05, 0.1) is 5.69 Å². The standard InChI is InChI=1S/C18H21N3O2S/c1-13-16(24-17(19-13)15-7-4-3-5-8-15)18(23)21-10-6-9-20(11-12-21)14(2)22/h3-5,7-8H,6,9-12H2,1-2H3. The van der Waals surface area contributed by atoms with E-state index in [2.05, 4.69) is 4.98 Å². The number of carbonyl (C=O) groups is 2. The predicted molar refractivity (Wildman–Crippen MR) is 95.1 cm³/mol. The molecule has 5 nitrogen and oxygen atoms in total. The molecule has 1 aliphatic heterocycles. The van der Waals surface area contributed by atoms with E-state index in [-0.39, 0.29) is 11.8 Å². The highest BCUT2D eigenvalue weighted by molar-refractivity contribution is 7.17. The fourth-order valence-corrected chi connectivity index (χ4v) is 3.92. The van der Waals surface area contributed by atoms with Crippen molar-refractivity contribution in [3.63, 3.8) is 0 Å². The highest BCUT2D eigenvalue weighted by Gasteiger charge is 2.24. The molecular weight excluding hydrogens is 322 g/mol. The summed E-state index contributed by atoms with van der Waals surface area (Å²) < 4.78 is 0. The summed E-state index contributed by atoms with van der Waals surface area (Å²) >= 11 is 1.45. The van der Waals surface area contributed by atoms with Gasteiger partial charge in [-0.2, -0.15) is 0 Å². The highest BCUT2D eigenvalue weighted by atomic mass is 32.1. The van der Waals surface area contributed by atoms with Crippen molar-refractivity contribution in [3.05, 3.63) is 40.9 Å². The summed E-state index contributed by atoms with van der Waals surface area (Å²) in [5, 5.41) is 0.872. The van der Waals surface area contributed by atoms with Gasteiger partial charge in [0.2, 0.25) is 5.91 Å². The third-order valence-electron chi connectivity index (χ3n) is 4.24. The SMILES string of the molecule is CC(=O)N1CCCN(C(=O)c2sc(-c3ccccc3)nc2C)CC1. The van der Waals surface area contributed by atoms with Crippen LogP contribution in [0, 0.1) is 6.92 Å². The molecule has 0 unspecified atom stereocenters. The van der Waals surface area contributed by atoms with Gasteiger partial charge in [-0.15, -0.1) is 11.3 Å². The van der Waals surface area contributed by atoms with E-state index in [9.17, 15) is 9.59 Å². The van der Waals surface area contributed by atoms with Crippen LogP contribution in [0.5, 0.6) is 0 Å². The van der Waals surface area contributed by atoms with Crippen molar-refractivity contribution in [2.45, 2.75) is 20.3 Å². The van der Waals surface area contributed by atoms with Gasteiger partial charge in [-0.05, 0) is 13.3 Å². The summed E-state index contributed by atoms with van der Waals surface area (Å²) in [5.74, 6) is 0.0993.